The number of phenols is 1. The Balaban J connectivity index is 1.17. The fourth-order valence-electron chi connectivity index (χ4n) is 4.90. The van der Waals surface area contributed by atoms with E-state index >= 15 is 0 Å². The van der Waals surface area contributed by atoms with Crippen LogP contribution in [-0.4, -0.2) is 27.6 Å². The van der Waals surface area contributed by atoms with Crippen LogP contribution in [0.1, 0.15) is 29.9 Å². The van der Waals surface area contributed by atoms with Crippen molar-refractivity contribution >= 4 is 23.4 Å². The number of pyridine rings is 1. The van der Waals surface area contributed by atoms with Gasteiger partial charge in [-0.15, -0.1) is 0 Å². The molecule has 4 N–H and O–H groups in total. The van der Waals surface area contributed by atoms with Gasteiger partial charge in [-0.05, 0) is 55.2 Å². The molecule has 3 aliphatic rings. The first kappa shape index (κ1) is 21.3. The fraction of sp³-hybridized carbons (Fsp3) is 0.240. The molecule has 6 rings (SSSR count). The Bertz CT molecular complexity index is 1400. The molecule has 3 amide bonds. The second-order valence-corrected chi connectivity index (χ2v) is 9.04. The van der Waals surface area contributed by atoms with E-state index in [-0.39, 0.29) is 29.2 Å². The molecule has 1 aromatic heterocycles. The van der Waals surface area contributed by atoms with Crippen molar-refractivity contribution in [1.82, 2.24) is 10.3 Å². The van der Waals surface area contributed by atoms with Gasteiger partial charge in [0.25, 0.3) is 0 Å². The van der Waals surface area contributed by atoms with Gasteiger partial charge in [-0.2, -0.15) is 0 Å². The Labute approximate surface area is 198 Å². The Morgan fingerprint density at radius 2 is 2.03 bits per heavy atom. The van der Waals surface area contributed by atoms with Crippen LogP contribution in [0.15, 0.2) is 48.7 Å². The normalized spacial score (nSPS) is 23.4. The van der Waals surface area contributed by atoms with Crippen molar-refractivity contribution in [3.63, 3.8) is 0 Å². The number of benzene rings is 2. The minimum atomic E-state index is -0.863. The van der Waals surface area contributed by atoms with Crippen molar-refractivity contribution in [2.45, 2.75) is 30.7 Å². The van der Waals surface area contributed by atoms with Gasteiger partial charge in [0.15, 0.2) is 0 Å². The highest BCUT2D eigenvalue weighted by Crippen LogP contribution is 2.77. The topological polar surface area (TPSA) is 113 Å². The van der Waals surface area contributed by atoms with E-state index in [0.717, 1.165) is 24.1 Å². The summed E-state index contributed by atoms with van der Waals surface area (Å²) < 4.78 is 33.0. The van der Waals surface area contributed by atoms with E-state index in [1.165, 1.54) is 0 Å². The largest absolute Gasteiger partial charge is 0.508 e. The number of nitrogens with one attached hydrogen (secondary N) is 3. The molecule has 2 heterocycles. The summed E-state index contributed by atoms with van der Waals surface area (Å²) in [6.45, 7) is 0. The summed E-state index contributed by atoms with van der Waals surface area (Å²) in [6, 6.07) is 8.97. The number of ether oxygens (including phenoxy) is 1. The third-order valence-corrected chi connectivity index (χ3v) is 6.87. The predicted molar refractivity (Wildman–Crippen MR) is 121 cm³/mol. The first-order chi connectivity index (χ1) is 16.8. The maximum atomic E-state index is 13.9. The predicted octanol–water partition coefficient (Wildman–Crippen LogP) is 4.42. The summed E-state index contributed by atoms with van der Waals surface area (Å²) >= 11 is 0. The number of hydrogen-bond acceptors (Lipinski definition) is 5. The van der Waals surface area contributed by atoms with E-state index in [9.17, 15) is 23.5 Å². The molecule has 3 aromatic rings. The number of aromatic nitrogens is 1. The number of rotatable bonds is 5. The molecule has 0 radical (unpaired) electrons. The molecule has 8 nitrogen and oxygen atoms in total. The number of carbonyl (C=O) groups excluding carboxylic acids is 2. The van der Waals surface area contributed by atoms with Gasteiger partial charge in [-0.3, -0.25) is 4.79 Å². The van der Waals surface area contributed by atoms with Crippen molar-refractivity contribution in [3.8, 4) is 17.2 Å². The molecule has 0 saturated heterocycles. The first-order valence-electron chi connectivity index (χ1n) is 11.2. The van der Waals surface area contributed by atoms with E-state index in [2.05, 4.69) is 20.9 Å². The number of hydrogen-bond donors (Lipinski definition) is 4. The Kier molecular flexibility index (Phi) is 4.67. The smallest absolute Gasteiger partial charge is 0.319 e. The highest BCUT2D eigenvalue weighted by molar-refractivity contribution is 5.93. The fourth-order valence-corrected chi connectivity index (χ4v) is 4.90. The van der Waals surface area contributed by atoms with E-state index in [0.29, 0.717) is 41.8 Å². The molecule has 35 heavy (non-hydrogen) atoms. The number of fused-ring (bicyclic) bond motifs is 2. The molecule has 10 heteroatoms. The molecule has 0 spiro atoms. The summed E-state index contributed by atoms with van der Waals surface area (Å²) in [5.41, 5.74) is 0.809. The molecule has 0 unspecified atom stereocenters. The molecule has 178 valence electrons. The van der Waals surface area contributed by atoms with Gasteiger partial charge in [-0.25, -0.2) is 18.6 Å². The molecule has 2 fully saturated rings. The van der Waals surface area contributed by atoms with Crippen molar-refractivity contribution < 1.29 is 28.2 Å². The number of halogens is 2. The molecule has 2 aromatic carbocycles. The summed E-state index contributed by atoms with van der Waals surface area (Å²) in [7, 11) is 0. The zero-order valence-corrected chi connectivity index (χ0v) is 18.3. The molecule has 2 saturated carbocycles. The van der Waals surface area contributed by atoms with Gasteiger partial charge in [0.05, 0.1) is 11.2 Å². The Morgan fingerprint density at radius 1 is 1.17 bits per heavy atom. The average molecular weight is 478 g/mol. The van der Waals surface area contributed by atoms with Crippen LogP contribution in [0.25, 0.3) is 0 Å². The Morgan fingerprint density at radius 3 is 2.83 bits per heavy atom. The maximum absolute atomic E-state index is 13.9. The van der Waals surface area contributed by atoms with Crippen LogP contribution in [0.3, 0.4) is 0 Å². The number of phenolic OH excluding ortho intramolecular Hbond substituents is 1. The van der Waals surface area contributed by atoms with Gasteiger partial charge in [-0.1, -0.05) is 0 Å². The van der Waals surface area contributed by atoms with Crippen molar-refractivity contribution in [2.75, 3.05) is 10.6 Å². The molecule has 0 bridgehead atoms. The number of aromatic hydroxyl groups is 1. The molecule has 1 aliphatic heterocycles. The van der Waals surface area contributed by atoms with Gasteiger partial charge in [0.1, 0.15) is 34.7 Å². The SMILES string of the molecule is O=C1CCc2c(Oc3ccc(O)c([C@@H]4[C@@H]5C[C@@]45NC(=O)Nc4ccc(F)cc4F)c3)ccnc2N1. The quantitative estimate of drug-likeness (QED) is 0.434. The lowest BCUT2D eigenvalue weighted by atomic mass is 9.99. The number of anilines is 2. The number of urea groups is 1. The van der Waals surface area contributed by atoms with Crippen LogP contribution in [0, 0.1) is 17.6 Å². The maximum Gasteiger partial charge on any atom is 0.319 e. The zero-order valence-electron chi connectivity index (χ0n) is 18.3. The summed E-state index contributed by atoms with van der Waals surface area (Å²) in [5.74, 6) is -0.00651. The van der Waals surface area contributed by atoms with Crippen molar-refractivity contribution in [3.05, 3.63) is 71.4 Å². The van der Waals surface area contributed by atoms with E-state index in [1.54, 1.807) is 30.5 Å². The Hall–Kier alpha value is -4.21. The first-order valence-corrected chi connectivity index (χ1v) is 11.2. The van der Waals surface area contributed by atoms with Gasteiger partial charge in [0.2, 0.25) is 5.91 Å². The van der Waals surface area contributed by atoms with Gasteiger partial charge >= 0.3 is 6.03 Å². The van der Waals surface area contributed by atoms with Crippen LogP contribution >= 0.6 is 0 Å². The van der Waals surface area contributed by atoms with Crippen LogP contribution in [-0.2, 0) is 11.2 Å². The van der Waals surface area contributed by atoms with Gasteiger partial charge in [0, 0.05) is 35.7 Å². The summed E-state index contributed by atoms with van der Waals surface area (Å²) in [4.78, 5) is 28.3. The molecule has 2 aliphatic carbocycles. The minimum absolute atomic E-state index is 0.0877. The lowest BCUT2D eigenvalue weighted by Gasteiger charge is -2.20. The zero-order chi connectivity index (χ0) is 24.3. The third-order valence-electron chi connectivity index (χ3n) is 6.87. The lowest BCUT2D eigenvalue weighted by molar-refractivity contribution is -0.116. The van der Waals surface area contributed by atoms with Crippen molar-refractivity contribution in [2.24, 2.45) is 5.92 Å². The number of amides is 3. The lowest BCUT2D eigenvalue weighted by Crippen LogP contribution is -2.36. The minimum Gasteiger partial charge on any atom is -0.508 e. The second-order valence-electron chi connectivity index (χ2n) is 9.04. The van der Waals surface area contributed by atoms with E-state index in [1.807, 2.05) is 0 Å². The van der Waals surface area contributed by atoms with Crippen LogP contribution in [0.4, 0.5) is 25.1 Å². The summed E-state index contributed by atoms with van der Waals surface area (Å²) in [6.07, 6.45) is 3.15. The monoisotopic (exact) mass is 478 g/mol. The van der Waals surface area contributed by atoms with Gasteiger partial charge < -0.3 is 25.8 Å². The number of nitrogens with zero attached hydrogens (tertiary/aromatic N) is 1. The summed E-state index contributed by atoms with van der Waals surface area (Å²) in [5, 5.41) is 18.5. The molecular weight excluding hydrogens is 458 g/mol. The standard InChI is InChI=1S/C25H20F2N4O4/c26-12-1-4-18(17(27)9-12)29-24(34)31-25-11-16(25)22(25)15-10-13(2-5-19(15)32)35-20-7-8-28-23-14(20)3-6-21(33)30-23/h1-2,4-5,7-10,16,22,32H,3,6,11H2,(H,28,30,33)(H2,29,31,34)/t16-,22+,25-/m0/s1. The number of carbonyl (C=O) groups is 2. The highest BCUT2D eigenvalue weighted by atomic mass is 19.1. The second kappa shape index (κ2) is 7.66. The highest BCUT2D eigenvalue weighted by Gasteiger charge is 2.80. The van der Waals surface area contributed by atoms with Crippen LogP contribution in [0.2, 0.25) is 0 Å². The third kappa shape index (κ3) is 3.71. The van der Waals surface area contributed by atoms with E-state index in [4.69, 9.17) is 4.74 Å². The van der Waals surface area contributed by atoms with E-state index < -0.39 is 23.2 Å². The van der Waals surface area contributed by atoms with Crippen LogP contribution < -0.4 is 20.7 Å². The molecule has 3 atom stereocenters. The van der Waals surface area contributed by atoms with Crippen LogP contribution in [0.5, 0.6) is 17.2 Å². The molecular formula is C25H20F2N4O4. The average Bonchev–Trinajstić information content (AvgIpc) is 3.67. The van der Waals surface area contributed by atoms with Crippen molar-refractivity contribution in [1.29, 1.82) is 0 Å².